The van der Waals surface area contributed by atoms with Gasteiger partial charge in [0.1, 0.15) is 5.75 Å². The zero-order chi connectivity index (χ0) is 13.5. The smallest absolute Gasteiger partial charge is 0.226 e. The Labute approximate surface area is 108 Å². The molecule has 0 unspecified atom stereocenters. The zero-order valence-electron chi connectivity index (χ0n) is 11.1. The van der Waals surface area contributed by atoms with Crippen LogP contribution in [0.25, 0.3) is 0 Å². The van der Waals surface area contributed by atoms with Gasteiger partial charge < -0.3 is 15.7 Å². The number of unbranched alkanes of at least 4 members (excludes halogenated alkanes) is 1. The number of hydrogen-bond acceptors (Lipinski definition) is 3. The molecule has 1 rings (SSSR count). The molecule has 0 aliphatic carbocycles. The van der Waals surface area contributed by atoms with E-state index in [1.807, 2.05) is 19.9 Å². The van der Waals surface area contributed by atoms with Crippen LogP contribution in [0.5, 0.6) is 5.75 Å². The Balaban J connectivity index is 2.81. The van der Waals surface area contributed by atoms with Crippen molar-refractivity contribution in [1.82, 2.24) is 0 Å². The average molecular weight is 250 g/mol. The number of aromatic hydroxyl groups is 1. The van der Waals surface area contributed by atoms with Crippen LogP contribution in [0, 0.1) is 6.92 Å². The van der Waals surface area contributed by atoms with E-state index < -0.39 is 0 Å². The van der Waals surface area contributed by atoms with Crippen molar-refractivity contribution in [1.29, 1.82) is 0 Å². The summed E-state index contributed by atoms with van der Waals surface area (Å²) < 4.78 is 0. The summed E-state index contributed by atoms with van der Waals surface area (Å²) >= 11 is 0. The fourth-order valence-corrected chi connectivity index (χ4v) is 1.93. The Morgan fingerprint density at radius 1 is 1.39 bits per heavy atom. The van der Waals surface area contributed by atoms with Crippen molar-refractivity contribution in [3.63, 3.8) is 0 Å². The zero-order valence-corrected chi connectivity index (χ0v) is 11.1. The maximum absolute atomic E-state index is 12.1. The van der Waals surface area contributed by atoms with Crippen molar-refractivity contribution in [3.05, 3.63) is 23.8 Å². The first kappa shape index (κ1) is 14.5. The number of nitrogens with two attached hydrogens (primary N) is 1. The Hall–Kier alpha value is -1.55. The summed E-state index contributed by atoms with van der Waals surface area (Å²) in [6, 6.07) is 5.09. The van der Waals surface area contributed by atoms with Crippen molar-refractivity contribution >= 4 is 11.6 Å². The molecule has 0 heterocycles. The fraction of sp³-hybridized carbons (Fsp3) is 0.500. The number of hydrogen-bond donors (Lipinski definition) is 2. The minimum atomic E-state index is 0.0830. The van der Waals surface area contributed by atoms with E-state index in [1.54, 1.807) is 17.0 Å². The fourth-order valence-electron chi connectivity index (χ4n) is 1.93. The van der Waals surface area contributed by atoms with E-state index in [4.69, 9.17) is 5.73 Å². The molecule has 0 aromatic heterocycles. The third-order valence-corrected chi connectivity index (χ3v) is 2.95. The lowest BCUT2D eigenvalue weighted by Gasteiger charge is -2.23. The SMILES string of the molecule is CCN(C(=O)CCCCN)c1cc(O)ccc1C. The topological polar surface area (TPSA) is 66.6 Å². The van der Waals surface area contributed by atoms with Gasteiger partial charge in [-0.2, -0.15) is 0 Å². The van der Waals surface area contributed by atoms with Gasteiger partial charge in [-0.25, -0.2) is 0 Å². The van der Waals surface area contributed by atoms with E-state index in [0.29, 0.717) is 19.5 Å². The molecule has 1 aromatic rings. The van der Waals surface area contributed by atoms with Gasteiger partial charge in [-0.3, -0.25) is 4.79 Å². The molecule has 100 valence electrons. The number of phenols is 1. The van der Waals surface area contributed by atoms with Crippen LogP contribution in [-0.2, 0) is 4.79 Å². The number of benzene rings is 1. The molecular formula is C14H22N2O2. The van der Waals surface area contributed by atoms with Crippen molar-refractivity contribution in [3.8, 4) is 5.75 Å². The van der Waals surface area contributed by atoms with Gasteiger partial charge in [0.15, 0.2) is 0 Å². The van der Waals surface area contributed by atoms with Crippen molar-refractivity contribution < 1.29 is 9.90 Å². The molecule has 0 saturated heterocycles. The molecule has 0 aliphatic rings. The van der Waals surface area contributed by atoms with Crippen LogP contribution in [-0.4, -0.2) is 24.1 Å². The quantitative estimate of drug-likeness (QED) is 0.760. The van der Waals surface area contributed by atoms with Crippen molar-refractivity contribution in [2.75, 3.05) is 18.0 Å². The average Bonchev–Trinajstić information content (AvgIpc) is 2.35. The number of nitrogens with zero attached hydrogens (tertiary/aromatic N) is 1. The van der Waals surface area contributed by atoms with E-state index in [-0.39, 0.29) is 11.7 Å². The highest BCUT2D eigenvalue weighted by Crippen LogP contribution is 2.25. The predicted octanol–water partition coefficient (Wildman–Crippen LogP) is 2.18. The van der Waals surface area contributed by atoms with E-state index >= 15 is 0 Å². The second-order valence-corrected chi connectivity index (χ2v) is 4.35. The minimum Gasteiger partial charge on any atom is -0.508 e. The highest BCUT2D eigenvalue weighted by molar-refractivity contribution is 5.94. The number of phenolic OH excluding ortho intramolecular Hbond substituents is 1. The maximum Gasteiger partial charge on any atom is 0.226 e. The maximum atomic E-state index is 12.1. The van der Waals surface area contributed by atoms with E-state index in [1.165, 1.54) is 0 Å². The number of anilines is 1. The molecule has 18 heavy (non-hydrogen) atoms. The molecule has 0 bridgehead atoms. The summed E-state index contributed by atoms with van der Waals surface area (Å²) in [5.74, 6) is 0.267. The Morgan fingerprint density at radius 2 is 2.11 bits per heavy atom. The number of aryl methyl sites for hydroxylation is 1. The molecule has 4 heteroatoms. The molecule has 0 radical (unpaired) electrons. The van der Waals surface area contributed by atoms with Gasteiger partial charge in [-0.15, -0.1) is 0 Å². The summed E-state index contributed by atoms with van der Waals surface area (Å²) in [5, 5.41) is 9.52. The number of carbonyl (C=O) groups excluding carboxylic acids is 1. The van der Waals surface area contributed by atoms with Crippen LogP contribution in [0.4, 0.5) is 5.69 Å². The lowest BCUT2D eigenvalue weighted by Crippen LogP contribution is -2.31. The third-order valence-electron chi connectivity index (χ3n) is 2.95. The molecule has 1 amide bonds. The van der Waals surface area contributed by atoms with Gasteiger partial charge in [0.05, 0.1) is 5.69 Å². The summed E-state index contributed by atoms with van der Waals surface area (Å²) in [6.45, 7) is 5.09. The summed E-state index contributed by atoms with van der Waals surface area (Å²) in [6.07, 6.45) is 2.17. The molecule has 0 fully saturated rings. The van der Waals surface area contributed by atoms with Crippen LogP contribution in [0.3, 0.4) is 0 Å². The lowest BCUT2D eigenvalue weighted by atomic mass is 10.1. The molecule has 0 spiro atoms. The van der Waals surface area contributed by atoms with Crippen LogP contribution >= 0.6 is 0 Å². The van der Waals surface area contributed by atoms with Gasteiger partial charge in [0.25, 0.3) is 0 Å². The van der Waals surface area contributed by atoms with E-state index in [2.05, 4.69) is 0 Å². The van der Waals surface area contributed by atoms with Gasteiger partial charge in [-0.1, -0.05) is 6.07 Å². The largest absolute Gasteiger partial charge is 0.508 e. The minimum absolute atomic E-state index is 0.0830. The first-order valence-electron chi connectivity index (χ1n) is 6.40. The van der Waals surface area contributed by atoms with Crippen LogP contribution in [0.2, 0.25) is 0 Å². The standard InChI is InChI=1S/C14H22N2O2/c1-3-16(14(18)6-4-5-9-15)13-10-12(17)8-7-11(13)2/h7-8,10,17H,3-6,9,15H2,1-2H3. The Morgan fingerprint density at radius 3 is 2.72 bits per heavy atom. The molecule has 1 aromatic carbocycles. The summed E-state index contributed by atoms with van der Waals surface area (Å²) in [7, 11) is 0. The monoisotopic (exact) mass is 250 g/mol. The van der Waals surface area contributed by atoms with Crippen LogP contribution in [0.1, 0.15) is 31.7 Å². The molecular weight excluding hydrogens is 228 g/mol. The molecule has 0 atom stereocenters. The lowest BCUT2D eigenvalue weighted by molar-refractivity contribution is -0.118. The van der Waals surface area contributed by atoms with Crippen LogP contribution < -0.4 is 10.6 Å². The Kier molecular flexibility index (Phi) is 5.65. The van der Waals surface area contributed by atoms with Gasteiger partial charge in [0.2, 0.25) is 5.91 Å². The number of carbonyl (C=O) groups is 1. The molecule has 3 N–H and O–H groups in total. The highest BCUT2D eigenvalue weighted by atomic mass is 16.3. The summed E-state index contributed by atoms with van der Waals surface area (Å²) in [4.78, 5) is 13.8. The van der Waals surface area contributed by atoms with Crippen LogP contribution in [0.15, 0.2) is 18.2 Å². The second kappa shape index (κ2) is 7.01. The predicted molar refractivity (Wildman–Crippen MR) is 73.8 cm³/mol. The van der Waals surface area contributed by atoms with E-state index in [9.17, 15) is 9.90 Å². The van der Waals surface area contributed by atoms with E-state index in [0.717, 1.165) is 24.1 Å². The van der Waals surface area contributed by atoms with Crippen molar-refractivity contribution in [2.45, 2.75) is 33.1 Å². The highest BCUT2D eigenvalue weighted by Gasteiger charge is 2.15. The van der Waals surface area contributed by atoms with Gasteiger partial charge >= 0.3 is 0 Å². The molecule has 0 saturated carbocycles. The van der Waals surface area contributed by atoms with Gasteiger partial charge in [0, 0.05) is 19.0 Å². The molecule has 4 nitrogen and oxygen atoms in total. The number of rotatable bonds is 6. The molecule has 0 aliphatic heterocycles. The third kappa shape index (κ3) is 3.74. The van der Waals surface area contributed by atoms with Gasteiger partial charge in [-0.05, 0) is 44.9 Å². The van der Waals surface area contributed by atoms with Crippen molar-refractivity contribution in [2.24, 2.45) is 5.73 Å². The number of amides is 1. The first-order valence-corrected chi connectivity index (χ1v) is 6.40. The summed E-state index contributed by atoms with van der Waals surface area (Å²) in [5.41, 5.74) is 7.20. The Bertz CT molecular complexity index is 405. The first-order chi connectivity index (χ1) is 8.60. The second-order valence-electron chi connectivity index (χ2n) is 4.35. The normalized spacial score (nSPS) is 10.4.